The molecule has 0 unspecified atom stereocenters. The van der Waals surface area contributed by atoms with Crippen molar-refractivity contribution in [2.75, 3.05) is 26.8 Å². The summed E-state index contributed by atoms with van der Waals surface area (Å²) in [5.74, 6) is 1.42. The largest absolute Gasteiger partial charge is 0.383 e. The summed E-state index contributed by atoms with van der Waals surface area (Å²) < 4.78 is 7.40. The zero-order valence-corrected chi connectivity index (χ0v) is 16.6. The van der Waals surface area contributed by atoms with Gasteiger partial charge in [-0.15, -0.1) is 0 Å². The average molecular weight is 399 g/mol. The molecule has 1 atom stereocenters. The number of halogens is 1. The zero-order chi connectivity index (χ0) is 19.5. The minimum Gasteiger partial charge on any atom is -0.383 e. The normalized spacial score (nSPS) is 16.8. The molecule has 0 spiro atoms. The molecule has 1 fully saturated rings. The molecule has 0 aliphatic carbocycles. The molecule has 1 aliphatic heterocycles. The van der Waals surface area contributed by atoms with Gasteiger partial charge in [0.15, 0.2) is 5.65 Å². The van der Waals surface area contributed by atoms with Crippen LogP contribution < -0.4 is 0 Å². The number of methoxy groups -OCH3 is 1. The molecule has 1 aromatic carbocycles. The molecule has 3 aromatic rings. The van der Waals surface area contributed by atoms with Gasteiger partial charge in [0, 0.05) is 49.9 Å². The van der Waals surface area contributed by atoms with Crippen molar-refractivity contribution < 1.29 is 9.53 Å². The van der Waals surface area contributed by atoms with Crippen molar-refractivity contribution in [3.63, 3.8) is 0 Å². The van der Waals surface area contributed by atoms with Crippen LogP contribution in [0.5, 0.6) is 0 Å². The van der Waals surface area contributed by atoms with Crippen LogP contribution in [0.25, 0.3) is 11.2 Å². The number of hydrogen-bond donors (Lipinski definition) is 0. The summed E-state index contributed by atoms with van der Waals surface area (Å²) >= 11 is 6.03. The number of amides is 1. The third-order valence-corrected chi connectivity index (χ3v) is 5.45. The molecule has 2 aromatic heterocycles. The summed E-state index contributed by atoms with van der Waals surface area (Å²) in [5.41, 5.74) is 2.43. The van der Waals surface area contributed by atoms with Crippen molar-refractivity contribution in [2.45, 2.75) is 19.4 Å². The Bertz CT molecular complexity index is 987. The van der Waals surface area contributed by atoms with Crippen molar-refractivity contribution in [3.05, 3.63) is 59.0 Å². The quantitative estimate of drug-likeness (QED) is 0.638. The number of aromatic nitrogens is 3. The molecule has 28 heavy (non-hydrogen) atoms. The van der Waals surface area contributed by atoms with Gasteiger partial charge < -0.3 is 14.2 Å². The van der Waals surface area contributed by atoms with Gasteiger partial charge in [0.1, 0.15) is 11.3 Å². The van der Waals surface area contributed by atoms with Gasteiger partial charge in [-0.2, -0.15) is 0 Å². The number of nitrogens with zero attached hydrogens (tertiary/aromatic N) is 4. The van der Waals surface area contributed by atoms with Crippen molar-refractivity contribution in [2.24, 2.45) is 5.92 Å². The van der Waals surface area contributed by atoms with Gasteiger partial charge in [-0.1, -0.05) is 17.7 Å². The van der Waals surface area contributed by atoms with E-state index in [4.69, 9.17) is 21.3 Å². The van der Waals surface area contributed by atoms with Crippen LogP contribution in [0.2, 0.25) is 5.02 Å². The van der Waals surface area contributed by atoms with E-state index in [-0.39, 0.29) is 5.91 Å². The van der Waals surface area contributed by atoms with E-state index >= 15 is 0 Å². The molecule has 0 bridgehead atoms. The maximum atomic E-state index is 12.8. The van der Waals surface area contributed by atoms with Gasteiger partial charge in [0.05, 0.1) is 6.61 Å². The third kappa shape index (κ3) is 3.88. The molecular weight excluding hydrogens is 376 g/mol. The van der Waals surface area contributed by atoms with Crippen molar-refractivity contribution in [1.82, 2.24) is 19.4 Å². The highest BCUT2D eigenvalue weighted by atomic mass is 35.5. The van der Waals surface area contributed by atoms with E-state index in [1.54, 1.807) is 25.4 Å². The van der Waals surface area contributed by atoms with E-state index in [0.717, 1.165) is 49.5 Å². The van der Waals surface area contributed by atoms with Crippen LogP contribution in [0.15, 0.2) is 42.6 Å². The fraction of sp³-hybridized carbons (Fsp3) is 0.381. The molecule has 0 N–H and O–H groups in total. The number of imidazole rings is 1. The van der Waals surface area contributed by atoms with Crippen LogP contribution in [0, 0.1) is 5.92 Å². The first-order valence-electron chi connectivity index (χ1n) is 9.49. The van der Waals surface area contributed by atoms with Crippen LogP contribution in [0.1, 0.15) is 22.6 Å². The second-order valence-corrected chi connectivity index (χ2v) is 7.58. The number of fused-ring (bicyclic) bond motifs is 1. The molecule has 1 aliphatic rings. The molecule has 0 radical (unpaired) electrons. The fourth-order valence-electron chi connectivity index (χ4n) is 3.82. The van der Waals surface area contributed by atoms with Gasteiger partial charge in [-0.3, -0.25) is 4.79 Å². The Kier molecular flexibility index (Phi) is 5.59. The minimum absolute atomic E-state index is 0.0413. The lowest BCUT2D eigenvalue weighted by Gasteiger charge is -2.17. The standard InChI is InChI=1S/C21H23ClN4O2/c1-28-11-10-26-19(24-18-6-3-8-23-20(18)26)12-15-7-9-25(14-15)21(27)16-4-2-5-17(22)13-16/h2-6,8,13,15H,7,9-12,14H2,1H3/t15-/m1/s1. The molecule has 1 amide bonds. The number of rotatable bonds is 6. The van der Waals surface area contributed by atoms with E-state index in [2.05, 4.69) is 9.55 Å². The van der Waals surface area contributed by atoms with Gasteiger partial charge in [-0.25, -0.2) is 9.97 Å². The Hall–Kier alpha value is -2.44. The average Bonchev–Trinajstić information content (AvgIpc) is 3.30. The molecule has 146 valence electrons. The monoisotopic (exact) mass is 398 g/mol. The number of ether oxygens (including phenoxy) is 1. The Morgan fingerprint density at radius 2 is 2.21 bits per heavy atom. The summed E-state index contributed by atoms with van der Waals surface area (Å²) in [7, 11) is 1.70. The highest BCUT2D eigenvalue weighted by molar-refractivity contribution is 6.30. The number of carbonyl (C=O) groups is 1. The van der Waals surface area contributed by atoms with Crippen molar-refractivity contribution >= 4 is 28.7 Å². The highest BCUT2D eigenvalue weighted by Crippen LogP contribution is 2.24. The SMILES string of the molecule is COCCn1c(C[C@H]2CCN(C(=O)c3cccc(Cl)c3)C2)nc2cccnc21. The second kappa shape index (κ2) is 8.29. The Labute approximate surface area is 169 Å². The molecule has 6 nitrogen and oxygen atoms in total. The maximum absolute atomic E-state index is 12.8. The van der Waals surface area contributed by atoms with Crippen molar-refractivity contribution in [1.29, 1.82) is 0 Å². The van der Waals surface area contributed by atoms with Crippen LogP contribution in [-0.4, -0.2) is 52.1 Å². The van der Waals surface area contributed by atoms with E-state index in [1.807, 2.05) is 29.2 Å². The molecular formula is C21H23ClN4O2. The van der Waals surface area contributed by atoms with Gasteiger partial charge in [0.2, 0.25) is 0 Å². The van der Waals surface area contributed by atoms with Gasteiger partial charge in [0.25, 0.3) is 5.91 Å². The van der Waals surface area contributed by atoms with E-state index in [1.165, 1.54) is 0 Å². The summed E-state index contributed by atoms with van der Waals surface area (Å²) in [6.07, 6.45) is 3.57. The zero-order valence-electron chi connectivity index (χ0n) is 15.8. The van der Waals surface area contributed by atoms with Gasteiger partial charge in [-0.05, 0) is 42.7 Å². The van der Waals surface area contributed by atoms with Crippen LogP contribution in [0.3, 0.4) is 0 Å². The van der Waals surface area contributed by atoms with Crippen LogP contribution in [0.4, 0.5) is 0 Å². The maximum Gasteiger partial charge on any atom is 0.253 e. The van der Waals surface area contributed by atoms with E-state index < -0.39 is 0 Å². The lowest BCUT2D eigenvalue weighted by molar-refractivity contribution is 0.0787. The summed E-state index contributed by atoms with van der Waals surface area (Å²) in [6, 6.07) is 11.0. The third-order valence-electron chi connectivity index (χ3n) is 5.22. The summed E-state index contributed by atoms with van der Waals surface area (Å²) in [6.45, 7) is 2.81. The lowest BCUT2D eigenvalue weighted by Crippen LogP contribution is -2.29. The number of carbonyl (C=O) groups excluding carboxylic acids is 1. The van der Waals surface area contributed by atoms with Crippen LogP contribution >= 0.6 is 11.6 Å². The number of benzene rings is 1. The second-order valence-electron chi connectivity index (χ2n) is 7.14. The molecule has 4 rings (SSSR count). The predicted octanol–water partition coefficient (Wildman–Crippen LogP) is 3.44. The molecule has 3 heterocycles. The molecule has 0 saturated carbocycles. The predicted molar refractivity (Wildman–Crippen MR) is 109 cm³/mol. The first-order valence-corrected chi connectivity index (χ1v) is 9.87. The number of likely N-dealkylation sites (tertiary alicyclic amines) is 1. The Morgan fingerprint density at radius 1 is 1.32 bits per heavy atom. The minimum atomic E-state index is 0.0413. The summed E-state index contributed by atoms with van der Waals surface area (Å²) in [5, 5.41) is 0.584. The molecule has 7 heteroatoms. The van der Waals surface area contributed by atoms with Crippen LogP contribution in [-0.2, 0) is 17.7 Å². The van der Waals surface area contributed by atoms with Gasteiger partial charge >= 0.3 is 0 Å². The topological polar surface area (TPSA) is 60.2 Å². The van der Waals surface area contributed by atoms with Crippen molar-refractivity contribution in [3.8, 4) is 0 Å². The fourth-order valence-corrected chi connectivity index (χ4v) is 4.02. The summed E-state index contributed by atoms with van der Waals surface area (Å²) in [4.78, 5) is 24.0. The Morgan fingerprint density at radius 3 is 3.04 bits per heavy atom. The highest BCUT2D eigenvalue weighted by Gasteiger charge is 2.28. The Balaban J connectivity index is 1.49. The smallest absolute Gasteiger partial charge is 0.253 e. The number of hydrogen-bond acceptors (Lipinski definition) is 4. The van der Waals surface area contributed by atoms with E-state index in [0.29, 0.717) is 23.1 Å². The first-order chi connectivity index (χ1) is 13.7. The lowest BCUT2D eigenvalue weighted by atomic mass is 10.0. The van der Waals surface area contributed by atoms with E-state index in [9.17, 15) is 4.79 Å². The number of pyridine rings is 1. The first kappa shape index (κ1) is 18.9. The molecule has 1 saturated heterocycles.